The van der Waals surface area contributed by atoms with Gasteiger partial charge in [-0.2, -0.15) is 0 Å². The van der Waals surface area contributed by atoms with Gasteiger partial charge >= 0.3 is 11.7 Å². The summed E-state index contributed by atoms with van der Waals surface area (Å²) in [6.07, 6.45) is 4.69. The number of hydrogen-bond donors (Lipinski definition) is 1. The van der Waals surface area contributed by atoms with Crippen molar-refractivity contribution in [3.63, 3.8) is 0 Å². The van der Waals surface area contributed by atoms with Gasteiger partial charge in [-0.1, -0.05) is 45.7 Å². The number of nitrogens with zero attached hydrogens (tertiary/aromatic N) is 5. The average Bonchev–Trinajstić information content (AvgIpc) is 2.79. The lowest BCUT2D eigenvalue weighted by Gasteiger charge is -2.41. The summed E-state index contributed by atoms with van der Waals surface area (Å²) >= 11 is 5.85. The highest BCUT2D eigenvalue weighted by Gasteiger charge is 2.37. The molecule has 1 saturated heterocycles. The number of hydroxylamine groups is 3. The number of carbonyl (C=O) groups is 1. The molecule has 0 bridgehead atoms. The number of H-pyrrole nitrogens is 1. The van der Waals surface area contributed by atoms with Crippen LogP contribution in [0.5, 0.6) is 0 Å². The maximum Gasteiger partial charge on any atom is 0.363 e. The Kier molecular flexibility index (Phi) is 8.94. The summed E-state index contributed by atoms with van der Waals surface area (Å²) in [5.74, 6) is 1.45. The van der Waals surface area contributed by atoms with E-state index in [1.54, 1.807) is 0 Å². The first-order chi connectivity index (χ1) is 16.9. The van der Waals surface area contributed by atoms with Crippen molar-refractivity contribution in [3.05, 3.63) is 49.6 Å². The molecule has 0 spiro atoms. The zero-order valence-corrected chi connectivity index (χ0v) is 22.7. The Morgan fingerprint density at radius 3 is 2.50 bits per heavy atom. The van der Waals surface area contributed by atoms with E-state index in [0.29, 0.717) is 45.7 Å². The molecule has 0 atom stereocenters. The summed E-state index contributed by atoms with van der Waals surface area (Å²) in [4.78, 5) is 55.3. The first-order valence-corrected chi connectivity index (χ1v) is 13.0. The molecule has 2 aromatic heterocycles. The van der Waals surface area contributed by atoms with E-state index < -0.39 is 11.2 Å². The molecular formula is C25H38ClN6O4+. The van der Waals surface area contributed by atoms with Gasteiger partial charge in [-0.15, -0.1) is 4.65 Å². The van der Waals surface area contributed by atoms with Gasteiger partial charge in [-0.25, -0.2) is 19.6 Å². The third-order valence-corrected chi connectivity index (χ3v) is 6.59. The standard InChI is InChI=1S/C25H37ClN6O4/c1-6-9-19-16-21(28-23(27-19)25(3,4)5)30-11-14-32(15-12-30,36-18(2)33)13-8-7-10-31-17-20(26)22(34)29-24(31)35/h16-17H,6-15H2,1-5H3/p+1. The van der Waals surface area contributed by atoms with Gasteiger partial charge in [0.05, 0.1) is 13.1 Å². The molecule has 0 amide bonds. The van der Waals surface area contributed by atoms with Gasteiger partial charge in [-0.3, -0.25) is 19.2 Å². The van der Waals surface area contributed by atoms with Crippen molar-refractivity contribution < 1.29 is 14.3 Å². The Morgan fingerprint density at radius 2 is 1.89 bits per heavy atom. The van der Waals surface area contributed by atoms with Crippen LogP contribution in [-0.2, 0) is 28.0 Å². The van der Waals surface area contributed by atoms with E-state index >= 15 is 0 Å². The van der Waals surface area contributed by atoms with Crippen LogP contribution in [-0.4, -0.2) is 62.9 Å². The predicted molar refractivity (Wildman–Crippen MR) is 139 cm³/mol. The lowest BCUT2D eigenvalue weighted by molar-refractivity contribution is -1.09. The number of piperazine rings is 1. The number of hydrogen-bond acceptors (Lipinski definition) is 7. The second-order valence-corrected chi connectivity index (χ2v) is 10.9. The molecule has 0 saturated carbocycles. The smallest absolute Gasteiger partial charge is 0.345 e. The number of anilines is 1. The van der Waals surface area contributed by atoms with Gasteiger partial charge in [0.2, 0.25) is 0 Å². The van der Waals surface area contributed by atoms with Crippen molar-refractivity contribution in [2.24, 2.45) is 0 Å². The highest BCUT2D eigenvalue weighted by molar-refractivity contribution is 6.30. The highest BCUT2D eigenvalue weighted by atomic mass is 35.5. The van der Waals surface area contributed by atoms with Crippen molar-refractivity contribution >= 4 is 23.4 Å². The van der Waals surface area contributed by atoms with Crippen molar-refractivity contribution in [1.82, 2.24) is 19.5 Å². The average molecular weight is 522 g/mol. The summed E-state index contributed by atoms with van der Waals surface area (Å²) in [6.45, 7) is 13.7. The van der Waals surface area contributed by atoms with Crippen molar-refractivity contribution in [1.29, 1.82) is 0 Å². The lowest BCUT2D eigenvalue weighted by Crippen LogP contribution is -2.60. The Morgan fingerprint density at radius 1 is 1.19 bits per heavy atom. The number of aromatic amines is 1. The summed E-state index contributed by atoms with van der Waals surface area (Å²) in [5, 5.41) is -0.0180. The molecule has 36 heavy (non-hydrogen) atoms. The summed E-state index contributed by atoms with van der Waals surface area (Å²) < 4.78 is 1.64. The predicted octanol–water partition coefficient (Wildman–Crippen LogP) is 2.83. The van der Waals surface area contributed by atoms with Crippen molar-refractivity contribution in [2.45, 2.75) is 72.3 Å². The van der Waals surface area contributed by atoms with Gasteiger partial charge in [0.15, 0.2) is 0 Å². The minimum absolute atomic E-state index is 0.0180. The highest BCUT2D eigenvalue weighted by Crippen LogP contribution is 2.25. The minimum Gasteiger partial charge on any atom is -0.345 e. The maximum atomic E-state index is 12.0. The van der Waals surface area contributed by atoms with E-state index in [9.17, 15) is 14.4 Å². The molecule has 10 nitrogen and oxygen atoms in total. The second-order valence-electron chi connectivity index (χ2n) is 10.5. The van der Waals surface area contributed by atoms with Gasteiger partial charge < -0.3 is 4.90 Å². The van der Waals surface area contributed by atoms with Crippen LogP contribution in [0, 0.1) is 0 Å². The topological polar surface area (TPSA) is 110 Å². The largest absolute Gasteiger partial charge is 0.363 e. The fourth-order valence-corrected chi connectivity index (χ4v) is 4.55. The van der Waals surface area contributed by atoms with Crippen LogP contribution >= 0.6 is 11.6 Å². The molecular weight excluding hydrogens is 484 g/mol. The molecule has 3 rings (SSSR count). The third-order valence-electron chi connectivity index (χ3n) is 6.33. The summed E-state index contributed by atoms with van der Waals surface area (Å²) in [5.41, 5.74) is -0.167. The lowest BCUT2D eigenvalue weighted by atomic mass is 9.95. The van der Waals surface area contributed by atoms with Gasteiger partial charge in [0.25, 0.3) is 5.56 Å². The number of rotatable bonds is 9. The van der Waals surface area contributed by atoms with Crippen LogP contribution in [0.4, 0.5) is 5.82 Å². The molecule has 0 aliphatic carbocycles. The number of quaternary nitrogens is 1. The van der Waals surface area contributed by atoms with Crippen molar-refractivity contribution in [2.75, 3.05) is 37.6 Å². The molecule has 1 aliphatic rings. The van der Waals surface area contributed by atoms with E-state index in [0.717, 1.165) is 36.6 Å². The maximum absolute atomic E-state index is 12.0. The van der Waals surface area contributed by atoms with Crippen LogP contribution < -0.4 is 16.1 Å². The van der Waals surface area contributed by atoms with Gasteiger partial charge in [0, 0.05) is 43.3 Å². The van der Waals surface area contributed by atoms with E-state index in [4.69, 9.17) is 26.4 Å². The fraction of sp³-hybridized carbons (Fsp3) is 0.640. The Hall–Kier alpha value is -2.72. The number of aryl methyl sites for hydroxylation is 2. The Bertz CT molecular complexity index is 1180. The quantitative estimate of drug-likeness (QED) is 0.399. The van der Waals surface area contributed by atoms with E-state index in [-0.39, 0.29) is 21.1 Å². The van der Waals surface area contributed by atoms with Crippen LogP contribution in [0.1, 0.15) is 65.4 Å². The number of halogens is 1. The molecule has 0 aromatic carbocycles. The molecule has 2 aromatic rings. The minimum atomic E-state index is -0.588. The molecule has 0 radical (unpaired) electrons. The molecule has 3 heterocycles. The first kappa shape index (κ1) is 27.9. The van der Waals surface area contributed by atoms with Crippen LogP contribution in [0.2, 0.25) is 5.02 Å². The van der Waals surface area contributed by atoms with E-state index in [2.05, 4.69) is 43.6 Å². The van der Waals surface area contributed by atoms with Gasteiger partial charge in [0.1, 0.15) is 36.3 Å². The number of unbranched alkanes of at least 4 members (excludes halogenated alkanes) is 1. The van der Waals surface area contributed by atoms with Crippen LogP contribution in [0.3, 0.4) is 0 Å². The number of aromatic nitrogens is 4. The molecule has 1 aliphatic heterocycles. The zero-order valence-electron chi connectivity index (χ0n) is 22.0. The van der Waals surface area contributed by atoms with E-state index in [1.165, 1.54) is 17.7 Å². The third kappa shape index (κ3) is 7.16. The van der Waals surface area contributed by atoms with E-state index in [1.807, 2.05) is 0 Å². The fourth-order valence-electron chi connectivity index (χ4n) is 4.39. The van der Waals surface area contributed by atoms with Crippen LogP contribution in [0.25, 0.3) is 0 Å². The Balaban J connectivity index is 1.67. The number of nitrogens with one attached hydrogen (secondary N) is 1. The van der Waals surface area contributed by atoms with Gasteiger partial charge in [-0.05, 0) is 12.8 Å². The summed E-state index contributed by atoms with van der Waals surface area (Å²) in [6, 6.07) is 2.08. The monoisotopic (exact) mass is 521 g/mol. The number of carbonyl (C=O) groups excluding carboxylic acids is 1. The molecule has 11 heteroatoms. The SMILES string of the molecule is CCCc1cc(N2CC[N+](CCCCn3cc(Cl)c(=O)[nH]c3=O)(OC(C)=O)CC2)nc(C(C)(C)C)n1. The molecule has 0 unspecified atom stereocenters. The second kappa shape index (κ2) is 11.6. The Labute approximate surface area is 216 Å². The molecule has 1 fully saturated rings. The first-order valence-electron chi connectivity index (χ1n) is 12.6. The molecule has 198 valence electrons. The van der Waals surface area contributed by atoms with Crippen LogP contribution in [0.15, 0.2) is 21.9 Å². The summed E-state index contributed by atoms with van der Waals surface area (Å²) in [7, 11) is 0. The van der Waals surface area contributed by atoms with Crippen molar-refractivity contribution in [3.8, 4) is 0 Å². The molecule has 1 N–H and O–H groups in total. The zero-order chi connectivity index (χ0) is 26.5. The normalized spacial score (nSPS) is 15.7.